The number of halogens is 1. The van der Waals surface area contributed by atoms with E-state index in [-0.39, 0.29) is 5.91 Å². The molecule has 0 fully saturated rings. The van der Waals surface area contributed by atoms with Gasteiger partial charge in [0.15, 0.2) is 0 Å². The number of nitrogens with two attached hydrogens (primary N) is 1. The van der Waals surface area contributed by atoms with Gasteiger partial charge in [-0.25, -0.2) is 0 Å². The van der Waals surface area contributed by atoms with E-state index < -0.39 is 0 Å². The van der Waals surface area contributed by atoms with Crippen molar-refractivity contribution in [2.24, 2.45) is 0 Å². The molecule has 0 aliphatic carbocycles. The number of anilines is 2. The van der Waals surface area contributed by atoms with Crippen LogP contribution in [-0.4, -0.2) is 18.0 Å². The maximum absolute atomic E-state index is 12.1. The Balaban J connectivity index is 2.21. The van der Waals surface area contributed by atoms with E-state index in [2.05, 4.69) is 26.2 Å². The molecule has 0 unspecified atom stereocenters. The second-order valence-corrected chi connectivity index (χ2v) is 4.62. The van der Waals surface area contributed by atoms with E-state index in [9.17, 15) is 4.79 Å². The van der Waals surface area contributed by atoms with Gasteiger partial charge in [-0.15, -0.1) is 0 Å². The molecule has 1 amide bonds. The molecule has 19 heavy (non-hydrogen) atoms. The summed E-state index contributed by atoms with van der Waals surface area (Å²) in [5, 5.41) is 2.77. The quantitative estimate of drug-likeness (QED) is 0.852. The van der Waals surface area contributed by atoms with Crippen LogP contribution in [-0.2, 0) is 0 Å². The highest BCUT2D eigenvalue weighted by atomic mass is 79.9. The van der Waals surface area contributed by atoms with Crippen LogP contribution < -0.4 is 15.8 Å². The number of benzene rings is 1. The number of nitrogens with one attached hydrogen (secondary N) is 1. The molecule has 1 aromatic carbocycles. The summed E-state index contributed by atoms with van der Waals surface area (Å²) in [6.07, 6.45) is 3.21. The summed E-state index contributed by atoms with van der Waals surface area (Å²) in [5.74, 6) is 0.294. The average molecular weight is 322 g/mol. The Morgan fingerprint density at radius 3 is 2.84 bits per heavy atom. The number of aromatic nitrogens is 1. The number of methoxy groups -OCH3 is 1. The van der Waals surface area contributed by atoms with Crippen LogP contribution in [0.25, 0.3) is 0 Å². The van der Waals surface area contributed by atoms with Crippen LogP contribution in [0.5, 0.6) is 5.75 Å². The molecule has 0 bridgehead atoms. The number of nitrogen functional groups attached to an aromatic ring is 1. The maximum atomic E-state index is 12.1. The van der Waals surface area contributed by atoms with E-state index >= 15 is 0 Å². The lowest BCUT2D eigenvalue weighted by Gasteiger charge is -2.09. The number of ether oxygens (including phenoxy) is 1. The topological polar surface area (TPSA) is 77.2 Å². The summed E-state index contributed by atoms with van der Waals surface area (Å²) in [6.45, 7) is 0. The highest BCUT2D eigenvalue weighted by Gasteiger charge is 2.10. The molecule has 0 saturated heterocycles. The fourth-order valence-electron chi connectivity index (χ4n) is 1.55. The normalized spacial score (nSPS) is 10.0. The van der Waals surface area contributed by atoms with E-state index in [1.54, 1.807) is 36.7 Å². The van der Waals surface area contributed by atoms with E-state index in [1.165, 1.54) is 7.11 Å². The Bertz CT molecular complexity index is 617. The van der Waals surface area contributed by atoms with Gasteiger partial charge in [0.25, 0.3) is 5.91 Å². The Kier molecular flexibility index (Phi) is 4.01. The standard InChI is InChI=1S/C13H12BrN3O2/c1-19-12-3-2-8(6-10(12)15)13(18)17-11-4-5-16-7-9(11)14/h2-7H,15H2,1H3,(H,16,17,18). The van der Waals surface area contributed by atoms with Gasteiger partial charge < -0.3 is 15.8 Å². The third-order valence-corrected chi connectivity index (χ3v) is 3.14. The molecular weight excluding hydrogens is 310 g/mol. The Morgan fingerprint density at radius 1 is 1.42 bits per heavy atom. The van der Waals surface area contributed by atoms with Gasteiger partial charge in [-0.2, -0.15) is 0 Å². The molecule has 0 aliphatic heterocycles. The zero-order valence-electron chi connectivity index (χ0n) is 10.2. The first-order valence-electron chi connectivity index (χ1n) is 5.46. The number of rotatable bonds is 3. The lowest BCUT2D eigenvalue weighted by molar-refractivity contribution is 0.102. The van der Waals surface area contributed by atoms with E-state index in [1.807, 2.05) is 0 Å². The molecule has 0 atom stereocenters. The lowest BCUT2D eigenvalue weighted by atomic mass is 10.1. The first-order chi connectivity index (χ1) is 9.11. The van der Waals surface area contributed by atoms with Crippen LogP contribution >= 0.6 is 15.9 Å². The number of carbonyl (C=O) groups is 1. The van der Waals surface area contributed by atoms with Crippen molar-refractivity contribution in [1.29, 1.82) is 0 Å². The minimum atomic E-state index is -0.249. The molecule has 1 heterocycles. The van der Waals surface area contributed by atoms with Crippen molar-refractivity contribution in [1.82, 2.24) is 4.98 Å². The van der Waals surface area contributed by atoms with Gasteiger partial charge in [0, 0.05) is 18.0 Å². The molecule has 0 spiro atoms. The highest BCUT2D eigenvalue weighted by Crippen LogP contribution is 2.24. The van der Waals surface area contributed by atoms with Crippen LogP contribution in [0.15, 0.2) is 41.1 Å². The predicted molar refractivity (Wildman–Crippen MR) is 77.3 cm³/mol. The average Bonchev–Trinajstić information content (AvgIpc) is 2.41. The van der Waals surface area contributed by atoms with Crippen molar-refractivity contribution < 1.29 is 9.53 Å². The van der Waals surface area contributed by atoms with Crippen molar-refractivity contribution in [3.8, 4) is 5.75 Å². The lowest BCUT2D eigenvalue weighted by Crippen LogP contribution is -2.12. The van der Waals surface area contributed by atoms with Crippen molar-refractivity contribution in [3.05, 3.63) is 46.7 Å². The summed E-state index contributed by atoms with van der Waals surface area (Å²) < 4.78 is 5.76. The highest BCUT2D eigenvalue weighted by molar-refractivity contribution is 9.10. The zero-order valence-corrected chi connectivity index (χ0v) is 11.8. The minimum Gasteiger partial charge on any atom is -0.495 e. The van der Waals surface area contributed by atoms with Crippen LogP contribution in [0.1, 0.15) is 10.4 Å². The van der Waals surface area contributed by atoms with Crippen molar-refractivity contribution >= 4 is 33.2 Å². The Labute approximate surface area is 118 Å². The van der Waals surface area contributed by atoms with Crippen molar-refractivity contribution in [3.63, 3.8) is 0 Å². The molecule has 3 N–H and O–H groups in total. The summed E-state index contributed by atoms with van der Waals surface area (Å²) in [6, 6.07) is 6.59. The summed E-state index contributed by atoms with van der Waals surface area (Å²) in [4.78, 5) is 16.0. The molecule has 2 rings (SSSR count). The van der Waals surface area contributed by atoms with Crippen LogP contribution in [0.4, 0.5) is 11.4 Å². The summed E-state index contributed by atoms with van der Waals surface area (Å²) in [7, 11) is 1.53. The van der Waals surface area contributed by atoms with E-state index in [0.29, 0.717) is 27.2 Å². The van der Waals surface area contributed by atoms with Gasteiger partial charge in [-0.3, -0.25) is 9.78 Å². The molecule has 1 aromatic heterocycles. The maximum Gasteiger partial charge on any atom is 0.255 e. The van der Waals surface area contributed by atoms with E-state index in [0.717, 1.165) is 0 Å². The molecule has 6 heteroatoms. The number of hydrogen-bond acceptors (Lipinski definition) is 4. The molecule has 2 aromatic rings. The third-order valence-electron chi connectivity index (χ3n) is 2.51. The van der Waals surface area contributed by atoms with Gasteiger partial charge in [0.2, 0.25) is 0 Å². The largest absolute Gasteiger partial charge is 0.495 e. The summed E-state index contributed by atoms with van der Waals surface area (Å²) >= 11 is 3.31. The number of pyridine rings is 1. The van der Waals surface area contributed by atoms with Crippen molar-refractivity contribution in [2.75, 3.05) is 18.2 Å². The number of carbonyl (C=O) groups excluding carboxylic acids is 1. The summed E-state index contributed by atoms with van der Waals surface area (Å²) in [5.41, 5.74) is 7.30. The van der Waals surface area contributed by atoms with Gasteiger partial charge in [-0.05, 0) is 40.2 Å². The minimum absolute atomic E-state index is 0.249. The second-order valence-electron chi connectivity index (χ2n) is 3.77. The van der Waals surface area contributed by atoms with Gasteiger partial charge in [-0.1, -0.05) is 0 Å². The molecule has 5 nitrogen and oxygen atoms in total. The van der Waals surface area contributed by atoms with Gasteiger partial charge in [0.05, 0.1) is 23.0 Å². The fraction of sp³-hybridized carbons (Fsp3) is 0.0769. The fourth-order valence-corrected chi connectivity index (χ4v) is 1.90. The zero-order chi connectivity index (χ0) is 13.8. The second kappa shape index (κ2) is 5.71. The van der Waals surface area contributed by atoms with Gasteiger partial charge in [0.1, 0.15) is 5.75 Å². The van der Waals surface area contributed by atoms with Crippen LogP contribution in [0.3, 0.4) is 0 Å². The number of amides is 1. The first-order valence-corrected chi connectivity index (χ1v) is 6.25. The SMILES string of the molecule is COc1ccc(C(=O)Nc2ccncc2Br)cc1N. The molecule has 0 aliphatic rings. The van der Waals surface area contributed by atoms with Crippen LogP contribution in [0.2, 0.25) is 0 Å². The Morgan fingerprint density at radius 2 is 2.21 bits per heavy atom. The monoisotopic (exact) mass is 321 g/mol. The molecule has 98 valence electrons. The van der Waals surface area contributed by atoms with Crippen LogP contribution in [0, 0.1) is 0 Å². The third kappa shape index (κ3) is 3.03. The number of hydrogen-bond donors (Lipinski definition) is 2. The van der Waals surface area contributed by atoms with Crippen molar-refractivity contribution in [2.45, 2.75) is 0 Å². The predicted octanol–water partition coefficient (Wildman–Crippen LogP) is 2.69. The molecule has 0 saturated carbocycles. The Hall–Kier alpha value is -2.08. The molecule has 0 radical (unpaired) electrons. The first kappa shape index (κ1) is 13.4. The van der Waals surface area contributed by atoms with Gasteiger partial charge >= 0.3 is 0 Å². The smallest absolute Gasteiger partial charge is 0.255 e. The molecular formula is C13H12BrN3O2. The number of nitrogens with zero attached hydrogens (tertiary/aromatic N) is 1. The van der Waals surface area contributed by atoms with E-state index in [4.69, 9.17) is 10.5 Å².